The first-order valence-electron chi connectivity index (χ1n) is 10.3. The average Bonchev–Trinajstić information content (AvgIpc) is 3.18. The molecule has 0 atom stereocenters. The van der Waals surface area contributed by atoms with Gasteiger partial charge in [0.2, 0.25) is 0 Å². The van der Waals surface area contributed by atoms with Gasteiger partial charge in [-0.25, -0.2) is 31.1 Å². The monoisotopic (exact) mass is 530 g/mol. The quantitative estimate of drug-likeness (QED) is 0.253. The molecule has 0 aliphatic carbocycles. The number of hydrogen-bond acceptors (Lipinski definition) is 5. The molecule has 4 rings (SSSR count). The number of nitrogens with zero attached hydrogens (tertiary/aromatic N) is 3. The zero-order valence-corrected chi connectivity index (χ0v) is 21.0. The lowest BCUT2D eigenvalue weighted by molar-refractivity contribution is 0.588. The molecular formula is C26H32F2N4O2SSi. The molecule has 0 bridgehead atoms. The third-order valence-electron chi connectivity index (χ3n) is 4.50. The zero-order valence-electron chi connectivity index (χ0n) is 19.2. The predicted molar refractivity (Wildman–Crippen MR) is 146 cm³/mol. The van der Waals surface area contributed by atoms with E-state index in [0.717, 1.165) is 21.9 Å². The van der Waals surface area contributed by atoms with Crippen LogP contribution < -0.4 is 5.73 Å². The first-order valence-corrected chi connectivity index (χ1v) is 15.2. The van der Waals surface area contributed by atoms with Gasteiger partial charge in [0.1, 0.15) is 25.5 Å². The van der Waals surface area contributed by atoms with Gasteiger partial charge in [-0.2, -0.15) is 0 Å². The molecule has 1 aromatic carbocycles. The Balaban J connectivity index is 0.000000362. The van der Waals surface area contributed by atoms with E-state index in [4.69, 9.17) is 5.73 Å². The minimum atomic E-state index is -3.72. The van der Waals surface area contributed by atoms with Crippen LogP contribution >= 0.6 is 0 Å². The Morgan fingerprint density at radius 2 is 1.53 bits per heavy atom. The van der Waals surface area contributed by atoms with Crippen LogP contribution in [-0.4, -0.2) is 30.4 Å². The van der Waals surface area contributed by atoms with Crippen molar-refractivity contribution in [1.29, 1.82) is 0 Å². The normalized spacial score (nSPS) is 10.7. The number of fused-ring (bicyclic) bond motifs is 1. The lowest BCUT2D eigenvalue weighted by Gasteiger charge is -2.07. The molecular weight excluding hydrogens is 498 g/mol. The summed E-state index contributed by atoms with van der Waals surface area (Å²) in [5.74, 6) is 2.27. The van der Waals surface area contributed by atoms with Crippen molar-refractivity contribution in [2.24, 2.45) is 0 Å². The van der Waals surface area contributed by atoms with E-state index in [1.165, 1.54) is 24.4 Å². The van der Waals surface area contributed by atoms with Crippen molar-refractivity contribution in [2.45, 2.75) is 46.3 Å². The molecule has 4 aromatic rings. The first-order chi connectivity index (χ1) is 15.9. The number of pyridine rings is 2. The van der Waals surface area contributed by atoms with Crippen LogP contribution in [0.25, 0.3) is 11.0 Å². The average molecular weight is 531 g/mol. The lowest BCUT2D eigenvalue weighted by atomic mass is 10.2. The smallest absolute Gasteiger partial charge is 0.269 e. The van der Waals surface area contributed by atoms with Gasteiger partial charge in [-0.3, -0.25) is 0 Å². The van der Waals surface area contributed by atoms with E-state index in [-0.39, 0.29) is 31.2 Å². The summed E-state index contributed by atoms with van der Waals surface area (Å²) in [6.07, 6.45) is 3.48. The maximum atomic E-state index is 13.1. The molecule has 0 saturated heterocycles. The highest BCUT2D eigenvalue weighted by Crippen LogP contribution is 2.21. The van der Waals surface area contributed by atoms with Crippen molar-refractivity contribution in [3.63, 3.8) is 0 Å². The molecule has 0 amide bonds. The molecule has 0 aliphatic rings. The van der Waals surface area contributed by atoms with Gasteiger partial charge in [0.15, 0.2) is 5.65 Å². The largest absolute Gasteiger partial charge is 0.383 e. The Bertz CT molecular complexity index is 1500. The Morgan fingerprint density at radius 3 is 2.14 bits per heavy atom. The predicted octanol–water partition coefficient (Wildman–Crippen LogP) is 6.02. The van der Waals surface area contributed by atoms with E-state index in [0.29, 0.717) is 10.9 Å². The molecule has 192 valence electrons. The van der Waals surface area contributed by atoms with Gasteiger partial charge >= 0.3 is 0 Å². The topological polar surface area (TPSA) is 90.9 Å². The lowest BCUT2D eigenvalue weighted by Crippen LogP contribution is -2.16. The molecule has 3 aromatic heterocycles. The molecule has 0 saturated carbocycles. The molecule has 2 N–H and O–H groups in total. The molecule has 0 spiro atoms. The summed E-state index contributed by atoms with van der Waals surface area (Å²) in [6.45, 7) is 8.22. The third-order valence-corrected chi connectivity index (χ3v) is 7.05. The van der Waals surface area contributed by atoms with Gasteiger partial charge in [0, 0.05) is 11.6 Å². The van der Waals surface area contributed by atoms with Crippen molar-refractivity contribution in [3.05, 3.63) is 83.8 Å². The number of anilines is 1. The van der Waals surface area contributed by atoms with Gasteiger partial charge in [0.25, 0.3) is 10.0 Å². The van der Waals surface area contributed by atoms with Crippen LogP contribution in [0, 0.1) is 30.0 Å². The van der Waals surface area contributed by atoms with Crippen molar-refractivity contribution < 1.29 is 17.2 Å². The number of aryl methyl sites for hydroxylation is 1. The van der Waals surface area contributed by atoms with Crippen LogP contribution in [0.4, 0.5) is 14.6 Å². The number of hydrogen-bond donors (Lipinski definition) is 1. The molecule has 0 fully saturated rings. The molecule has 0 aliphatic heterocycles. The fraction of sp³-hybridized carbons (Fsp3) is 0.231. The minimum absolute atomic E-state index is 0. The second kappa shape index (κ2) is 11.9. The van der Waals surface area contributed by atoms with Crippen LogP contribution in [-0.2, 0) is 10.0 Å². The van der Waals surface area contributed by atoms with E-state index in [9.17, 15) is 17.2 Å². The first kappa shape index (κ1) is 30.5. The van der Waals surface area contributed by atoms with Crippen LogP contribution in [0.2, 0.25) is 19.6 Å². The summed E-state index contributed by atoms with van der Waals surface area (Å²) in [5.41, 5.74) is 10.3. The summed E-state index contributed by atoms with van der Waals surface area (Å²) < 4.78 is 52.0. The standard InChI is InChI=1S/C14H11FN2O2S.C10H13FN2Si.2CH4/c1-10-2-4-13(5-3-10)20(18,19)17-7-6-11-8-12(15)9-16-14(11)17;1-14(2,3)5-4-8-6-9(11)7-13-10(8)12;;/h2-9H,1H3;6-7H,1-3H3,(H2,12,13);2*1H4. The van der Waals surface area contributed by atoms with Crippen LogP contribution in [0.15, 0.2) is 66.0 Å². The molecule has 36 heavy (non-hydrogen) atoms. The van der Waals surface area contributed by atoms with Crippen molar-refractivity contribution in [1.82, 2.24) is 13.9 Å². The van der Waals surface area contributed by atoms with Crippen LogP contribution in [0.5, 0.6) is 0 Å². The summed E-state index contributed by atoms with van der Waals surface area (Å²) >= 11 is 0. The maximum Gasteiger partial charge on any atom is 0.269 e. The van der Waals surface area contributed by atoms with Gasteiger partial charge in [0.05, 0.1) is 22.9 Å². The number of nitrogens with two attached hydrogens (primary N) is 1. The van der Waals surface area contributed by atoms with Crippen molar-refractivity contribution in [2.75, 3.05) is 5.73 Å². The maximum absolute atomic E-state index is 13.1. The molecule has 0 radical (unpaired) electrons. The molecule has 6 nitrogen and oxygen atoms in total. The highest BCUT2D eigenvalue weighted by Gasteiger charge is 2.19. The second-order valence-corrected chi connectivity index (χ2v) is 15.1. The summed E-state index contributed by atoms with van der Waals surface area (Å²) in [7, 11) is -5.17. The number of benzene rings is 1. The van der Waals surface area contributed by atoms with E-state index in [1.54, 1.807) is 24.3 Å². The number of rotatable bonds is 2. The van der Waals surface area contributed by atoms with Crippen molar-refractivity contribution in [3.8, 4) is 11.5 Å². The Hall–Kier alpha value is -3.55. The highest BCUT2D eigenvalue weighted by atomic mass is 32.2. The molecule has 3 heterocycles. The molecule has 10 heteroatoms. The summed E-state index contributed by atoms with van der Waals surface area (Å²) in [5, 5.41) is 0.445. The van der Waals surface area contributed by atoms with Gasteiger partial charge in [-0.15, -0.1) is 5.54 Å². The van der Waals surface area contributed by atoms with Crippen molar-refractivity contribution >= 4 is 34.9 Å². The number of aromatic nitrogens is 3. The van der Waals surface area contributed by atoms with E-state index in [1.807, 2.05) is 6.92 Å². The SMILES string of the molecule is C.C.C[Si](C)(C)C#Cc1cc(F)cnc1N.Cc1ccc(S(=O)(=O)n2ccc3cc(F)cnc32)cc1. The fourth-order valence-corrected chi connectivity index (χ4v) is 4.61. The number of halogens is 2. The van der Waals surface area contributed by atoms with Crippen LogP contribution in [0.3, 0.4) is 0 Å². The van der Waals surface area contributed by atoms with E-state index >= 15 is 0 Å². The minimum Gasteiger partial charge on any atom is -0.383 e. The Kier molecular flexibility index (Phi) is 10.1. The Labute approximate surface area is 213 Å². The summed E-state index contributed by atoms with van der Waals surface area (Å²) in [6, 6.07) is 10.6. The second-order valence-electron chi connectivity index (χ2n) is 8.58. The van der Waals surface area contributed by atoms with Gasteiger partial charge in [-0.05, 0) is 37.3 Å². The fourth-order valence-electron chi connectivity index (χ4n) is 2.80. The van der Waals surface area contributed by atoms with E-state index < -0.39 is 29.7 Å². The van der Waals surface area contributed by atoms with E-state index in [2.05, 4.69) is 41.1 Å². The zero-order chi connectivity index (χ0) is 25.1. The van der Waals surface area contributed by atoms with Gasteiger partial charge < -0.3 is 5.73 Å². The summed E-state index contributed by atoms with van der Waals surface area (Å²) in [4.78, 5) is 7.73. The highest BCUT2D eigenvalue weighted by molar-refractivity contribution is 7.90. The number of nitrogen functional groups attached to an aromatic ring is 1. The molecule has 0 unspecified atom stereocenters. The third kappa shape index (κ3) is 7.47. The Morgan fingerprint density at radius 1 is 0.944 bits per heavy atom. The van der Waals surface area contributed by atoms with Gasteiger partial charge in [-0.1, -0.05) is 58.1 Å². The van der Waals surface area contributed by atoms with Crippen LogP contribution in [0.1, 0.15) is 26.0 Å².